The zero-order chi connectivity index (χ0) is 37.9. The lowest BCUT2D eigenvalue weighted by Crippen LogP contribution is -2.75. The maximum Gasteiger partial charge on any atom is 0.246 e. The first kappa shape index (κ1) is 36.1. The number of fused-ring (bicyclic) bond motifs is 2. The van der Waals surface area contributed by atoms with Gasteiger partial charge in [0.25, 0.3) is 0 Å². The largest absolute Gasteiger partial charge is 0.508 e. The minimum absolute atomic E-state index is 0.0735. The number of pyridine rings is 1. The maximum atomic E-state index is 14.6. The van der Waals surface area contributed by atoms with Crippen molar-refractivity contribution in [2.24, 2.45) is 7.05 Å². The fraction of sp³-hybridized carbons (Fsp3) is 0.262. The van der Waals surface area contributed by atoms with Crippen LogP contribution in [0.5, 0.6) is 5.75 Å². The van der Waals surface area contributed by atoms with Crippen LogP contribution in [0.3, 0.4) is 0 Å². The monoisotopic (exact) mass is 725 g/mol. The molecule has 2 aromatic heterocycles. The zero-order valence-corrected chi connectivity index (χ0v) is 30.2. The number of carbonyl (C=O) groups excluding carboxylic acids is 4. The molecule has 7 rings (SSSR count). The Hall–Kier alpha value is -6.27. The molecule has 2 aliphatic rings. The Labute approximate surface area is 313 Å². The minimum Gasteiger partial charge on any atom is -0.508 e. The van der Waals surface area contributed by atoms with Crippen molar-refractivity contribution in [2.75, 3.05) is 25.4 Å². The molecular formula is C42H43N7O5. The van der Waals surface area contributed by atoms with E-state index in [0.717, 1.165) is 33.2 Å². The highest BCUT2D eigenvalue weighted by atomic mass is 16.3. The Balaban J connectivity index is 1.23. The molecule has 5 aromatic rings. The Bertz CT molecular complexity index is 2200. The number of hydrogen-bond donors (Lipinski definition) is 2. The average molecular weight is 726 g/mol. The van der Waals surface area contributed by atoms with Crippen molar-refractivity contribution in [3.63, 3.8) is 0 Å². The molecule has 0 saturated carbocycles. The maximum absolute atomic E-state index is 14.6. The quantitative estimate of drug-likeness (QED) is 0.143. The first-order valence-electron chi connectivity index (χ1n) is 18.0. The Morgan fingerprint density at radius 3 is 2.44 bits per heavy atom. The van der Waals surface area contributed by atoms with Crippen molar-refractivity contribution in [1.82, 2.24) is 29.4 Å². The lowest BCUT2D eigenvalue weighted by Gasteiger charge is -2.55. The van der Waals surface area contributed by atoms with Crippen molar-refractivity contribution >= 4 is 40.2 Å². The summed E-state index contributed by atoms with van der Waals surface area (Å²) in [5.41, 5.74) is 10.5. The number of phenolic OH excluding ortho intramolecular Hbond substituents is 1. The van der Waals surface area contributed by atoms with Gasteiger partial charge in [-0.1, -0.05) is 72.8 Å². The molecular weight excluding hydrogens is 683 g/mol. The number of nitrogen functional groups attached to an aromatic ring is 1. The Morgan fingerprint density at radius 2 is 1.72 bits per heavy atom. The third-order valence-electron chi connectivity index (χ3n) is 10.2. The van der Waals surface area contributed by atoms with Crippen LogP contribution in [-0.4, -0.2) is 89.8 Å². The van der Waals surface area contributed by atoms with Crippen LogP contribution in [0.2, 0.25) is 0 Å². The van der Waals surface area contributed by atoms with Gasteiger partial charge in [-0.3, -0.25) is 19.2 Å². The normalized spacial score (nSPS) is 17.5. The lowest BCUT2D eigenvalue weighted by molar-refractivity contribution is -0.205. The third-order valence-corrected chi connectivity index (χ3v) is 10.2. The molecule has 0 aliphatic carbocycles. The number of anilines is 1. The van der Waals surface area contributed by atoms with E-state index in [4.69, 9.17) is 5.73 Å². The second kappa shape index (κ2) is 15.4. The van der Waals surface area contributed by atoms with Crippen molar-refractivity contribution in [3.8, 4) is 5.75 Å². The highest BCUT2D eigenvalue weighted by Crippen LogP contribution is 2.32. The lowest BCUT2D eigenvalue weighted by atomic mass is 9.97. The molecule has 0 spiro atoms. The van der Waals surface area contributed by atoms with E-state index in [1.807, 2.05) is 66.3 Å². The fourth-order valence-electron chi connectivity index (χ4n) is 7.70. The summed E-state index contributed by atoms with van der Waals surface area (Å²) in [7, 11) is 1.88. The van der Waals surface area contributed by atoms with Gasteiger partial charge in [-0.25, -0.2) is 15.0 Å². The van der Waals surface area contributed by atoms with Crippen LogP contribution in [0.15, 0.2) is 110 Å². The number of para-hydroxylation sites is 1. The van der Waals surface area contributed by atoms with Crippen LogP contribution in [0.1, 0.15) is 39.0 Å². The van der Waals surface area contributed by atoms with Crippen LogP contribution in [0.25, 0.3) is 10.9 Å². The van der Waals surface area contributed by atoms with Crippen LogP contribution >= 0.6 is 0 Å². The highest BCUT2D eigenvalue weighted by Gasteiger charge is 2.51. The van der Waals surface area contributed by atoms with Gasteiger partial charge in [0.1, 0.15) is 23.8 Å². The van der Waals surface area contributed by atoms with Crippen LogP contribution < -0.4 is 5.73 Å². The number of aromatic hydroxyl groups is 1. The Morgan fingerprint density at radius 1 is 0.963 bits per heavy atom. The van der Waals surface area contributed by atoms with Crippen molar-refractivity contribution in [3.05, 3.63) is 138 Å². The number of hydrazine groups is 1. The number of aryl methyl sites for hydroxylation is 2. The molecule has 3 amide bonds. The summed E-state index contributed by atoms with van der Waals surface area (Å²) in [6.45, 7) is 4.34. The summed E-state index contributed by atoms with van der Waals surface area (Å²) in [4.78, 5) is 63.9. The van der Waals surface area contributed by atoms with Gasteiger partial charge in [-0.2, -0.15) is 0 Å². The predicted octanol–water partition coefficient (Wildman–Crippen LogP) is 4.27. The van der Waals surface area contributed by atoms with Gasteiger partial charge >= 0.3 is 0 Å². The van der Waals surface area contributed by atoms with Crippen molar-refractivity contribution in [1.29, 1.82) is 0 Å². The van der Waals surface area contributed by atoms with Gasteiger partial charge in [0.05, 0.1) is 18.6 Å². The molecule has 2 aliphatic heterocycles. The van der Waals surface area contributed by atoms with Crippen LogP contribution in [0.4, 0.5) is 5.82 Å². The summed E-state index contributed by atoms with van der Waals surface area (Å²) in [5, 5.41) is 14.1. The molecule has 1 unspecified atom stereocenters. The van der Waals surface area contributed by atoms with E-state index in [9.17, 15) is 24.3 Å². The molecule has 3 aromatic carbocycles. The molecule has 0 bridgehead atoms. The van der Waals surface area contributed by atoms with Crippen molar-refractivity contribution < 1.29 is 24.3 Å². The van der Waals surface area contributed by atoms with E-state index in [1.54, 1.807) is 68.5 Å². The number of hydrogen-bond acceptors (Lipinski definition) is 8. The number of nitrogens with two attached hydrogens (primary N) is 1. The molecule has 4 heterocycles. The standard InChI is InChI=1S/C42H43N7O5/c1-3-20-47-27-40(53)48-35(21-29-12-16-32(50)17-13-29)42(54)46(26-38(48)49(47)39(52)19-15-28-8-5-4-6-9-28)24-31-10-7-11-33-34(25-45(2)41(31)33)36(51)22-30-14-18-37(43)44-23-30/h3-14,16-18,23,25,35,38,50H,1,15,19-22,24,26-27H2,2H3,(H2,43,44)/t35-,38?/m0/s1. The fourth-order valence-corrected chi connectivity index (χ4v) is 7.70. The van der Waals surface area contributed by atoms with Gasteiger partial charge in [0.15, 0.2) is 5.78 Å². The number of benzene rings is 3. The van der Waals surface area contributed by atoms with Gasteiger partial charge in [0, 0.05) is 62.7 Å². The molecule has 2 saturated heterocycles. The number of amides is 3. The zero-order valence-electron chi connectivity index (χ0n) is 30.2. The number of Topliss-reactive ketones (excluding diaryl/α,β-unsaturated/α-hetero) is 1. The first-order valence-corrected chi connectivity index (χ1v) is 18.0. The van der Waals surface area contributed by atoms with Gasteiger partial charge in [-0.15, -0.1) is 6.58 Å². The third kappa shape index (κ3) is 7.33. The van der Waals surface area contributed by atoms with Gasteiger partial charge < -0.3 is 25.2 Å². The molecule has 2 atom stereocenters. The summed E-state index contributed by atoms with van der Waals surface area (Å²) in [6, 6.07) is 24.6. The number of phenols is 1. The van der Waals surface area contributed by atoms with Crippen LogP contribution in [-0.2, 0) is 47.2 Å². The number of aromatic nitrogens is 2. The molecule has 54 heavy (non-hydrogen) atoms. The Kier molecular flexibility index (Phi) is 10.3. The number of piperazine rings is 1. The number of ketones is 1. The van der Waals surface area contributed by atoms with Crippen LogP contribution in [0, 0.1) is 0 Å². The average Bonchev–Trinajstić information content (AvgIpc) is 3.51. The minimum atomic E-state index is -0.908. The summed E-state index contributed by atoms with van der Waals surface area (Å²) < 4.78 is 1.91. The van der Waals surface area contributed by atoms with Crippen molar-refractivity contribution in [2.45, 2.75) is 44.4 Å². The second-order valence-electron chi connectivity index (χ2n) is 13.9. The smallest absolute Gasteiger partial charge is 0.246 e. The van der Waals surface area contributed by atoms with Gasteiger partial charge in [0.2, 0.25) is 17.7 Å². The highest BCUT2D eigenvalue weighted by molar-refractivity contribution is 6.09. The predicted molar refractivity (Wildman–Crippen MR) is 205 cm³/mol. The second-order valence-corrected chi connectivity index (χ2v) is 13.9. The van der Waals surface area contributed by atoms with E-state index >= 15 is 0 Å². The number of nitrogens with zero attached hydrogens (tertiary/aromatic N) is 6. The number of carbonyl (C=O) groups is 4. The van der Waals surface area contributed by atoms with E-state index in [0.29, 0.717) is 17.8 Å². The molecule has 3 N–H and O–H groups in total. The SMILES string of the molecule is C=CCN1CC(=O)N2C(CN(Cc3cccc4c(C(=O)Cc5ccc(N)nc5)cn(C)c34)C(=O)[C@@H]2Cc2ccc(O)cc2)N1C(=O)CCc1ccccc1. The molecule has 12 heteroatoms. The number of rotatable bonds is 12. The summed E-state index contributed by atoms with van der Waals surface area (Å²) >= 11 is 0. The van der Waals surface area contributed by atoms with E-state index in [-0.39, 0.29) is 74.7 Å². The topological polar surface area (TPSA) is 145 Å². The molecule has 276 valence electrons. The molecule has 2 fully saturated rings. The van der Waals surface area contributed by atoms with E-state index in [1.165, 1.54) is 0 Å². The molecule has 0 radical (unpaired) electrons. The van der Waals surface area contributed by atoms with Gasteiger partial charge in [-0.05, 0) is 46.9 Å². The first-order chi connectivity index (χ1) is 26.1. The summed E-state index contributed by atoms with van der Waals surface area (Å²) in [5.74, 6) is -0.265. The van der Waals surface area contributed by atoms with E-state index in [2.05, 4.69) is 11.6 Å². The molecule has 12 nitrogen and oxygen atoms in total. The van der Waals surface area contributed by atoms with E-state index < -0.39 is 12.2 Å². The summed E-state index contributed by atoms with van der Waals surface area (Å²) in [6.07, 6.45) is 5.38.